The van der Waals surface area contributed by atoms with Gasteiger partial charge in [-0.2, -0.15) is 0 Å². The highest BCUT2D eigenvalue weighted by atomic mass is 15.2. The van der Waals surface area contributed by atoms with E-state index in [4.69, 9.17) is 0 Å². The Morgan fingerprint density at radius 1 is 1.00 bits per heavy atom. The summed E-state index contributed by atoms with van der Waals surface area (Å²) in [5.74, 6) is 2.68. The second kappa shape index (κ2) is 4.81. The molecule has 0 spiro atoms. The Morgan fingerprint density at radius 2 is 1.80 bits per heavy atom. The number of nitrogens with zero attached hydrogens (tertiary/aromatic N) is 5. The molecule has 20 heavy (non-hydrogen) atoms. The van der Waals surface area contributed by atoms with Crippen molar-refractivity contribution in [2.24, 2.45) is 0 Å². The molecule has 3 heterocycles. The molecule has 5 heteroatoms. The van der Waals surface area contributed by atoms with E-state index in [9.17, 15) is 0 Å². The molecule has 104 valence electrons. The van der Waals surface area contributed by atoms with Crippen molar-refractivity contribution in [3.63, 3.8) is 0 Å². The van der Waals surface area contributed by atoms with E-state index in [0.717, 1.165) is 53.9 Å². The summed E-state index contributed by atoms with van der Waals surface area (Å²) >= 11 is 0. The van der Waals surface area contributed by atoms with E-state index in [1.807, 2.05) is 20.0 Å². The van der Waals surface area contributed by atoms with Crippen LogP contribution >= 0.6 is 0 Å². The summed E-state index contributed by atoms with van der Waals surface area (Å²) in [6.07, 6.45) is 2.87. The molecule has 1 aliphatic heterocycles. The van der Waals surface area contributed by atoms with Crippen LogP contribution in [-0.2, 0) is 13.0 Å². The van der Waals surface area contributed by atoms with E-state index >= 15 is 0 Å². The highest BCUT2D eigenvalue weighted by Crippen LogP contribution is 2.25. The number of fused-ring (bicyclic) bond motifs is 1. The molecule has 1 aliphatic rings. The minimum atomic E-state index is 0.802. The number of hydrogen-bond donors (Lipinski definition) is 0. The smallest absolute Gasteiger partial charge is 0.135 e. The Bertz CT molecular complexity index is 666. The zero-order valence-electron chi connectivity index (χ0n) is 12.4. The SMILES string of the molecule is Cc1nc(C)c2c(n1)CN(c1nc(C)ncc1C)CC2. The normalized spacial score (nSPS) is 14.3. The number of aryl methyl sites for hydroxylation is 4. The van der Waals surface area contributed by atoms with Crippen molar-refractivity contribution in [3.8, 4) is 0 Å². The molecule has 5 nitrogen and oxygen atoms in total. The Labute approximate surface area is 119 Å². The summed E-state index contributed by atoms with van der Waals surface area (Å²) in [6, 6.07) is 0. The van der Waals surface area contributed by atoms with E-state index in [0.29, 0.717) is 0 Å². The minimum Gasteiger partial charge on any atom is -0.350 e. The molecule has 0 bridgehead atoms. The van der Waals surface area contributed by atoms with Crippen LogP contribution < -0.4 is 4.90 Å². The minimum absolute atomic E-state index is 0.802. The summed E-state index contributed by atoms with van der Waals surface area (Å²) in [7, 11) is 0. The maximum absolute atomic E-state index is 4.61. The van der Waals surface area contributed by atoms with Gasteiger partial charge in [0.25, 0.3) is 0 Å². The van der Waals surface area contributed by atoms with Crippen LogP contribution in [0.3, 0.4) is 0 Å². The predicted molar refractivity (Wildman–Crippen MR) is 77.8 cm³/mol. The van der Waals surface area contributed by atoms with Gasteiger partial charge in [-0.3, -0.25) is 0 Å². The molecule has 0 aromatic carbocycles. The summed E-state index contributed by atoms with van der Waals surface area (Å²) in [4.78, 5) is 20.2. The monoisotopic (exact) mass is 269 g/mol. The quantitative estimate of drug-likeness (QED) is 0.793. The largest absolute Gasteiger partial charge is 0.350 e. The van der Waals surface area contributed by atoms with Crippen molar-refractivity contribution < 1.29 is 0 Å². The van der Waals surface area contributed by atoms with Crippen LogP contribution in [-0.4, -0.2) is 26.5 Å². The van der Waals surface area contributed by atoms with Crippen molar-refractivity contribution in [1.29, 1.82) is 0 Å². The Morgan fingerprint density at radius 3 is 2.60 bits per heavy atom. The van der Waals surface area contributed by atoms with Crippen molar-refractivity contribution in [3.05, 3.63) is 40.4 Å². The summed E-state index contributed by atoms with van der Waals surface area (Å²) < 4.78 is 0. The first-order valence-electron chi connectivity index (χ1n) is 6.93. The van der Waals surface area contributed by atoms with Gasteiger partial charge in [-0.25, -0.2) is 19.9 Å². The maximum atomic E-state index is 4.61. The van der Waals surface area contributed by atoms with Gasteiger partial charge in [0.05, 0.1) is 12.2 Å². The van der Waals surface area contributed by atoms with Crippen LogP contribution in [0.2, 0.25) is 0 Å². The van der Waals surface area contributed by atoms with E-state index in [2.05, 4.69) is 38.7 Å². The van der Waals surface area contributed by atoms with Crippen LogP contribution in [0.1, 0.15) is 34.2 Å². The Kier molecular flexibility index (Phi) is 3.12. The van der Waals surface area contributed by atoms with Crippen LogP contribution in [0.25, 0.3) is 0 Å². The van der Waals surface area contributed by atoms with Gasteiger partial charge in [0.15, 0.2) is 0 Å². The lowest BCUT2D eigenvalue weighted by molar-refractivity contribution is 0.678. The van der Waals surface area contributed by atoms with Gasteiger partial charge in [0.1, 0.15) is 17.5 Å². The third-order valence-electron chi connectivity index (χ3n) is 3.75. The molecule has 0 fully saturated rings. The van der Waals surface area contributed by atoms with Crippen molar-refractivity contribution >= 4 is 5.82 Å². The van der Waals surface area contributed by atoms with Gasteiger partial charge in [-0.05, 0) is 39.7 Å². The summed E-state index contributed by atoms with van der Waals surface area (Å²) in [6.45, 7) is 9.77. The lowest BCUT2D eigenvalue weighted by atomic mass is 10.0. The van der Waals surface area contributed by atoms with E-state index in [-0.39, 0.29) is 0 Å². The van der Waals surface area contributed by atoms with Crippen molar-refractivity contribution in [2.75, 3.05) is 11.4 Å². The standard InChI is InChI=1S/C15H19N5/c1-9-7-16-11(3)19-15(9)20-6-5-13-10(2)17-12(4)18-14(13)8-20/h7H,5-6,8H2,1-4H3. The lowest BCUT2D eigenvalue weighted by Gasteiger charge is -2.30. The molecule has 2 aromatic rings. The molecule has 0 saturated heterocycles. The third kappa shape index (κ3) is 2.24. The molecule has 0 saturated carbocycles. The van der Waals surface area contributed by atoms with Crippen molar-refractivity contribution in [1.82, 2.24) is 19.9 Å². The fraction of sp³-hybridized carbons (Fsp3) is 0.467. The van der Waals surface area contributed by atoms with E-state index in [1.54, 1.807) is 0 Å². The molecule has 0 radical (unpaired) electrons. The lowest BCUT2D eigenvalue weighted by Crippen LogP contribution is -2.33. The first-order valence-corrected chi connectivity index (χ1v) is 6.93. The van der Waals surface area contributed by atoms with Gasteiger partial charge in [0.2, 0.25) is 0 Å². The molecular formula is C15H19N5. The van der Waals surface area contributed by atoms with Gasteiger partial charge in [-0.1, -0.05) is 0 Å². The molecule has 0 atom stereocenters. The van der Waals surface area contributed by atoms with E-state index < -0.39 is 0 Å². The van der Waals surface area contributed by atoms with Crippen LogP contribution in [0.5, 0.6) is 0 Å². The number of rotatable bonds is 1. The fourth-order valence-corrected chi connectivity index (χ4v) is 2.79. The van der Waals surface area contributed by atoms with Gasteiger partial charge < -0.3 is 4.90 Å². The second-order valence-electron chi connectivity index (χ2n) is 5.38. The topological polar surface area (TPSA) is 54.8 Å². The number of hydrogen-bond acceptors (Lipinski definition) is 5. The molecule has 2 aromatic heterocycles. The molecule has 0 N–H and O–H groups in total. The Hall–Kier alpha value is -2.04. The molecule has 0 unspecified atom stereocenters. The number of anilines is 1. The molecule has 3 rings (SSSR count). The predicted octanol–water partition coefficient (Wildman–Crippen LogP) is 2.06. The average molecular weight is 269 g/mol. The summed E-state index contributed by atoms with van der Waals surface area (Å²) in [5, 5.41) is 0. The van der Waals surface area contributed by atoms with Gasteiger partial charge in [-0.15, -0.1) is 0 Å². The molecule has 0 aliphatic carbocycles. The average Bonchev–Trinajstić information content (AvgIpc) is 2.40. The maximum Gasteiger partial charge on any atom is 0.135 e. The molecule has 0 amide bonds. The first kappa shape index (κ1) is 13.0. The first-order chi connectivity index (χ1) is 9.54. The zero-order chi connectivity index (χ0) is 14.3. The van der Waals surface area contributed by atoms with Crippen LogP contribution in [0.15, 0.2) is 6.20 Å². The second-order valence-corrected chi connectivity index (χ2v) is 5.38. The van der Waals surface area contributed by atoms with Crippen molar-refractivity contribution in [2.45, 2.75) is 40.7 Å². The number of aromatic nitrogens is 4. The fourth-order valence-electron chi connectivity index (χ4n) is 2.79. The highest BCUT2D eigenvalue weighted by molar-refractivity contribution is 5.48. The van der Waals surface area contributed by atoms with Crippen LogP contribution in [0.4, 0.5) is 5.82 Å². The van der Waals surface area contributed by atoms with E-state index in [1.165, 1.54) is 5.56 Å². The molecular weight excluding hydrogens is 250 g/mol. The van der Waals surface area contributed by atoms with Gasteiger partial charge in [0, 0.05) is 24.0 Å². The highest BCUT2D eigenvalue weighted by Gasteiger charge is 2.22. The van der Waals surface area contributed by atoms with Gasteiger partial charge >= 0.3 is 0 Å². The zero-order valence-corrected chi connectivity index (χ0v) is 12.4. The third-order valence-corrected chi connectivity index (χ3v) is 3.75. The Balaban J connectivity index is 1.98. The van der Waals surface area contributed by atoms with Crippen LogP contribution in [0, 0.1) is 27.7 Å². The summed E-state index contributed by atoms with van der Waals surface area (Å²) in [5.41, 5.74) is 4.66.